The second-order valence-electron chi connectivity index (χ2n) is 5.29. The van der Waals surface area contributed by atoms with Gasteiger partial charge in [0.1, 0.15) is 0 Å². The van der Waals surface area contributed by atoms with E-state index >= 15 is 0 Å². The zero-order chi connectivity index (χ0) is 19.0. The second kappa shape index (κ2) is 9.80. The lowest BCUT2D eigenvalue weighted by atomic mass is 10.1. The molecule has 0 aliphatic rings. The maximum atomic E-state index is 12.5. The minimum absolute atomic E-state index is 0.0582. The Balaban J connectivity index is 3.06. The van der Waals surface area contributed by atoms with E-state index in [2.05, 4.69) is 11.9 Å². The van der Waals surface area contributed by atoms with Crippen LogP contribution in [-0.2, 0) is 9.53 Å². The minimum atomic E-state index is -1.27. The SMILES string of the molecule is C=CCOCC(NC(=O)c1cc([N+](=O)[O-])ccc1SC(C)C)C(=O)O. The Labute approximate surface area is 149 Å². The molecule has 1 amide bonds. The number of nitro groups is 1. The maximum Gasteiger partial charge on any atom is 0.328 e. The number of thioether (sulfide) groups is 1. The monoisotopic (exact) mass is 368 g/mol. The van der Waals surface area contributed by atoms with Crippen LogP contribution in [0.1, 0.15) is 24.2 Å². The van der Waals surface area contributed by atoms with Crippen LogP contribution in [0, 0.1) is 10.1 Å². The summed E-state index contributed by atoms with van der Waals surface area (Å²) in [6.07, 6.45) is 1.46. The third kappa shape index (κ3) is 6.55. The van der Waals surface area contributed by atoms with Crippen LogP contribution < -0.4 is 5.32 Å². The Morgan fingerprint density at radius 1 is 1.48 bits per heavy atom. The molecular formula is C16H20N2O6S. The molecule has 0 heterocycles. The number of carbonyl (C=O) groups excluding carboxylic acids is 1. The number of hydrogen-bond donors (Lipinski definition) is 2. The highest BCUT2D eigenvalue weighted by Gasteiger charge is 2.24. The van der Waals surface area contributed by atoms with Crippen LogP contribution in [-0.4, -0.2) is 46.4 Å². The molecule has 25 heavy (non-hydrogen) atoms. The van der Waals surface area contributed by atoms with Gasteiger partial charge in [-0.3, -0.25) is 14.9 Å². The molecule has 1 atom stereocenters. The number of nitro benzene ring substituents is 1. The molecule has 0 saturated carbocycles. The number of non-ortho nitro benzene ring substituents is 1. The second-order valence-corrected chi connectivity index (χ2v) is 6.91. The average Bonchev–Trinajstić information content (AvgIpc) is 2.53. The van der Waals surface area contributed by atoms with Gasteiger partial charge < -0.3 is 15.2 Å². The quantitative estimate of drug-likeness (QED) is 0.214. The average molecular weight is 368 g/mol. The van der Waals surface area contributed by atoms with Gasteiger partial charge in [0.15, 0.2) is 6.04 Å². The summed E-state index contributed by atoms with van der Waals surface area (Å²) in [5, 5.41) is 22.6. The van der Waals surface area contributed by atoms with E-state index in [9.17, 15) is 24.8 Å². The summed E-state index contributed by atoms with van der Waals surface area (Å²) in [5.41, 5.74) is -0.184. The zero-order valence-corrected chi connectivity index (χ0v) is 14.7. The zero-order valence-electron chi connectivity index (χ0n) is 13.9. The van der Waals surface area contributed by atoms with Crippen molar-refractivity contribution in [2.45, 2.75) is 30.0 Å². The van der Waals surface area contributed by atoms with Crippen LogP contribution in [0.5, 0.6) is 0 Å². The number of amides is 1. The molecule has 8 nitrogen and oxygen atoms in total. The molecule has 1 rings (SSSR count). The number of nitrogens with one attached hydrogen (secondary N) is 1. The number of hydrogen-bond acceptors (Lipinski definition) is 6. The highest BCUT2D eigenvalue weighted by Crippen LogP contribution is 2.29. The molecule has 0 fully saturated rings. The Morgan fingerprint density at radius 2 is 2.16 bits per heavy atom. The largest absolute Gasteiger partial charge is 0.480 e. The predicted octanol–water partition coefficient (Wildman–Crippen LogP) is 2.48. The summed E-state index contributed by atoms with van der Waals surface area (Å²) in [7, 11) is 0. The van der Waals surface area contributed by atoms with Gasteiger partial charge in [0.05, 0.1) is 23.7 Å². The molecule has 0 radical (unpaired) electrons. The molecule has 1 unspecified atom stereocenters. The van der Waals surface area contributed by atoms with Crippen molar-refractivity contribution in [3.05, 3.63) is 46.5 Å². The first kappa shape index (κ1) is 20.7. The Bertz CT molecular complexity index is 662. The van der Waals surface area contributed by atoms with Crippen molar-refractivity contribution in [2.75, 3.05) is 13.2 Å². The lowest BCUT2D eigenvalue weighted by Crippen LogP contribution is -2.44. The summed E-state index contributed by atoms with van der Waals surface area (Å²) in [6, 6.07) is 2.66. The third-order valence-electron chi connectivity index (χ3n) is 2.90. The standard InChI is InChI=1S/C16H20N2O6S/c1-4-7-24-9-13(16(20)21)17-15(19)12-8-11(18(22)23)5-6-14(12)25-10(2)3/h4-6,8,10,13H,1,7,9H2,2-3H3,(H,17,19)(H,20,21). The van der Waals surface area contributed by atoms with Crippen molar-refractivity contribution >= 4 is 29.3 Å². The summed E-state index contributed by atoms with van der Waals surface area (Å²) in [4.78, 5) is 34.6. The van der Waals surface area contributed by atoms with E-state index in [1.807, 2.05) is 13.8 Å². The third-order valence-corrected chi connectivity index (χ3v) is 3.99. The molecule has 9 heteroatoms. The summed E-state index contributed by atoms with van der Waals surface area (Å²) < 4.78 is 5.07. The molecule has 136 valence electrons. The number of ether oxygens (including phenoxy) is 1. The number of rotatable bonds is 10. The van der Waals surface area contributed by atoms with Gasteiger partial charge in [0.25, 0.3) is 11.6 Å². The van der Waals surface area contributed by atoms with Gasteiger partial charge in [-0.1, -0.05) is 19.9 Å². The number of nitrogens with zero attached hydrogens (tertiary/aromatic N) is 1. The van der Waals surface area contributed by atoms with Gasteiger partial charge in [0, 0.05) is 22.3 Å². The smallest absolute Gasteiger partial charge is 0.328 e. The minimum Gasteiger partial charge on any atom is -0.480 e. The van der Waals surface area contributed by atoms with Gasteiger partial charge in [0.2, 0.25) is 0 Å². The van der Waals surface area contributed by atoms with E-state index in [0.29, 0.717) is 4.90 Å². The molecule has 0 aliphatic carbocycles. The summed E-state index contributed by atoms with van der Waals surface area (Å²) >= 11 is 1.36. The lowest BCUT2D eigenvalue weighted by molar-refractivity contribution is -0.384. The van der Waals surface area contributed by atoms with Crippen LogP contribution in [0.3, 0.4) is 0 Å². The van der Waals surface area contributed by atoms with Crippen molar-refractivity contribution in [3.63, 3.8) is 0 Å². The van der Waals surface area contributed by atoms with Crippen LogP contribution >= 0.6 is 11.8 Å². The highest BCUT2D eigenvalue weighted by atomic mass is 32.2. The van der Waals surface area contributed by atoms with Gasteiger partial charge in [-0.15, -0.1) is 18.3 Å². The van der Waals surface area contributed by atoms with E-state index in [0.717, 1.165) is 6.07 Å². The van der Waals surface area contributed by atoms with Crippen LogP contribution in [0.15, 0.2) is 35.7 Å². The predicted molar refractivity (Wildman–Crippen MR) is 94.0 cm³/mol. The van der Waals surface area contributed by atoms with E-state index in [-0.39, 0.29) is 29.7 Å². The first-order valence-corrected chi connectivity index (χ1v) is 8.31. The fraction of sp³-hybridized carbons (Fsp3) is 0.375. The lowest BCUT2D eigenvalue weighted by Gasteiger charge is -2.16. The topological polar surface area (TPSA) is 119 Å². The number of carboxylic acids is 1. The van der Waals surface area contributed by atoms with Gasteiger partial charge >= 0.3 is 5.97 Å². The molecule has 0 aromatic heterocycles. The van der Waals surface area contributed by atoms with E-state index in [1.165, 1.54) is 30.0 Å². The molecular weight excluding hydrogens is 348 g/mol. The Morgan fingerprint density at radius 3 is 2.68 bits per heavy atom. The summed E-state index contributed by atoms with van der Waals surface area (Å²) in [6.45, 7) is 7.18. The van der Waals surface area contributed by atoms with Gasteiger partial charge in [-0.05, 0) is 6.07 Å². The number of carbonyl (C=O) groups is 2. The van der Waals surface area contributed by atoms with Crippen molar-refractivity contribution in [2.24, 2.45) is 0 Å². The van der Waals surface area contributed by atoms with Crippen molar-refractivity contribution in [1.82, 2.24) is 5.32 Å². The fourth-order valence-electron chi connectivity index (χ4n) is 1.85. The van der Waals surface area contributed by atoms with E-state index < -0.39 is 22.8 Å². The molecule has 1 aromatic rings. The van der Waals surface area contributed by atoms with Crippen LogP contribution in [0.4, 0.5) is 5.69 Å². The van der Waals surface area contributed by atoms with Gasteiger partial charge in [-0.2, -0.15) is 0 Å². The van der Waals surface area contributed by atoms with E-state index in [4.69, 9.17) is 4.74 Å². The molecule has 0 saturated heterocycles. The van der Waals surface area contributed by atoms with Crippen molar-refractivity contribution < 1.29 is 24.4 Å². The fourth-order valence-corrected chi connectivity index (χ4v) is 2.78. The van der Waals surface area contributed by atoms with Gasteiger partial charge in [-0.25, -0.2) is 4.79 Å². The van der Waals surface area contributed by atoms with E-state index in [1.54, 1.807) is 0 Å². The normalized spacial score (nSPS) is 11.8. The number of aliphatic carboxylic acids is 1. The molecule has 1 aromatic carbocycles. The Kier molecular flexibility index (Phi) is 8.09. The van der Waals surface area contributed by atoms with Crippen LogP contribution in [0.2, 0.25) is 0 Å². The number of benzene rings is 1. The van der Waals surface area contributed by atoms with Crippen LogP contribution in [0.25, 0.3) is 0 Å². The summed E-state index contributed by atoms with van der Waals surface area (Å²) in [5.74, 6) is -1.97. The molecule has 0 bridgehead atoms. The number of carboxylic acid groups (broad SMARTS) is 1. The molecule has 0 aliphatic heterocycles. The molecule has 0 spiro atoms. The first-order valence-electron chi connectivity index (χ1n) is 7.43. The highest BCUT2D eigenvalue weighted by molar-refractivity contribution is 8.00. The van der Waals surface area contributed by atoms with Crippen molar-refractivity contribution in [3.8, 4) is 0 Å². The Hall–Kier alpha value is -2.39. The maximum absolute atomic E-state index is 12.5. The molecule has 2 N–H and O–H groups in total. The van der Waals surface area contributed by atoms with Crippen molar-refractivity contribution in [1.29, 1.82) is 0 Å². The first-order chi connectivity index (χ1) is 11.8.